The number of ether oxygens (including phenoxy) is 1. The summed E-state index contributed by atoms with van der Waals surface area (Å²) in [7, 11) is 1.63. The summed E-state index contributed by atoms with van der Waals surface area (Å²) in [6.07, 6.45) is 1.94. The van der Waals surface area contributed by atoms with Crippen LogP contribution in [-0.2, 0) is 11.3 Å². The van der Waals surface area contributed by atoms with Crippen LogP contribution in [-0.4, -0.2) is 41.7 Å². The van der Waals surface area contributed by atoms with Crippen LogP contribution in [0.4, 0.5) is 0 Å². The summed E-state index contributed by atoms with van der Waals surface area (Å²) < 4.78 is 6.67. The fourth-order valence-electron chi connectivity index (χ4n) is 1.57. The molecule has 1 rings (SSSR count). The van der Waals surface area contributed by atoms with E-state index >= 15 is 0 Å². The molecule has 0 aliphatic carbocycles. The fraction of sp³-hybridized carbons (Fsp3) is 0.727. The van der Waals surface area contributed by atoms with E-state index in [1.807, 2.05) is 0 Å². The van der Waals surface area contributed by atoms with Gasteiger partial charge in [0, 0.05) is 13.7 Å². The number of rotatable bonds is 8. The van der Waals surface area contributed by atoms with Gasteiger partial charge in [-0.05, 0) is 13.0 Å². The molecule has 5 nitrogen and oxygen atoms in total. The molecule has 1 heterocycles. The molecule has 1 atom stereocenters. The van der Waals surface area contributed by atoms with Crippen molar-refractivity contribution in [2.75, 3.05) is 26.8 Å². The van der Waals surface area contributed by atoms with Gasteiger partial charge in [-0.15, -0.1) is 0 Å². The molecule has 0 aliphatic rings. The van der Waals surface area contributed by atoms with Gasteiger partial charge in [0.15, 0.2) is 0 Å². The van der Waals surface area contributed by atoms with E-state index in [9.17, 15) is 5.11 Å². The SMILES string of the molecule is CCCNCC(O)c1c(Cl)cnn1CCOC. The second-order valence-corrected chi connectivity index (χ2v) is 4.22. The van der Waals surface area contributed by atoms with Crippen molar-refractivity contribution in [3.63, 3.8) is 0 Å². The Kier molecular flexibility index (Phi) is 6.50. The highest BCUT2D eigenvalue weighted by atomic mass is 35.5. The molecule has 1 aromatic rings. The lowest BCUT2D eigenvalue weighted by Crippen LogP contribution is -2.24. The fourth-order valence-corrected chi connectivity index (χ4v) is 1.84. The van der Waals surface area contributed by atoms with Crippen LogP contribution in [0.3, 0.4) is 0 Å². The van der Waals surface area contributed by atoms with E-state index in [1.165, 1.54) is 0 Å². The van der Waals surface area contributed by atoms with Crippen molar-refractivity contribution in [2.45, 2.75) is 26.0 Å². The zero-order valence-corrected chi connectivity index (χ0v) is 11.1. The molecule has 0 aliphatic heterocycles. The van der Waals surface area contributed by atoms with Gasteiger partial charge in [-0.3, -0.25) is 4.68 Å². The molecule has 2 N–H and O–H groups in total. The maximum atomic E-state index is 10.0. The number of hydrogen-bond acceptors (Lipinski definition) is 4. The quantitative estimate of drug-likeness (QED) is 0.691. The molecule has 0 fully saturated rings. The van der Waals surface area contributed by atoms with E-state index in [1.54, 1.807) is 18.0 Å². The van der Waals surface area contributed by atoms with Crippen LogP contribution in [0.25, 0.3) is 0 Å². The van der Waals surface area contributed by atoms with Crippen LogP contribution in [0, 0.1) is 0 Å². The molecule has 0 radical (unpaired) electrons. The minimum absolute atomic E-state index is 0.478. The number of nitrogens with one attached hydrogen (secondary N) is 1. The molecule has 0 saturated heterocycles. The summed E-state index contributed by atoms with van der Waals surface area (Å²) in [5.41, 5.74) is 0.646. The molecule has 98 valence electrons. The van der Waals surface area contributed by atoms with E-state index in [0.29, 0.717) is 30.4 Å². The van der Waals surface area contributed by atoms with Crippen molar-refractivity contribution in [2.24, 2.45) is 0 Å². The van der Waals surface area contributed by atoms with E-state index < -0.39 is 6.10 Å². The zero-order chi connectivity index (χ0) is 12.7. The Bertz CT molecular complexity index is 331. The van der Waals surface area contributed by atoms with E-state index in [-0.39, 0.29) is 0 Å². The second-order valence-electron chi connectivity index (χ2n) is 3.81. The number of hydrogen-bond donors (Lipinski definition) is 2. The van der Waals surface area contributed by atoms with Crippen LogP contribution in [0.15, 0.2) is 6.20 Å². The third kappa shape index (κ3) is 4.27. The Morgan fingerprint density at radius 1 is 1.65 bits per heavy atom. The van der Waals surface area contributed by atoms with Crippen LogP contribution in [0.2, 0.25) is 5.02 Å². The van der Waals surface area contributed by atoms with Gasteiger partial charge in [0.2, 0.25) is 0 Å². The van der Waals surface area contributed by atoms with Gasteiger partial charge in [-0.2, -0.15) is 5.10 Å². The normalized spacial score (nSPS) is 12.9. The molecule has 0 bridgehead atoms. The van der Waals surface area contributed by atoms with Crippen molar-refractivity contribution < 1.29 is 9.84 Å². The molecule has 6 heteroatoms. The largest absolute Gasteiger partial charge is 0.385 e. The molecule has 1 aromatic heterocycles. The summed E-state index contributed by atoms with van der Waals surface area (Å²) in [6.45, 7) is 4.56. The van der Waals surface area contributed by atoms with Crippen molar-refractivity contribution >= 4 is 11.6 Å². The third-order valence-electron chi connectivity index (χ3n) is 2.42. The van der Waals surface area contributed by atoms with Gasteiger partial charge in [0.25, 0.3) is 0 Å². The molecular formula is C11H20ClN3O2. The minimum Gasteiger partial charge on any atom is -0.385 e. The molecule has 0 aromatic carbocycles. The number of nitrogens with zero attached hydrogens (tertiary/aromatic N) is 2. The molecule has 0 saturated carbocycles. The molecule has 0 amide bonds. The highest BCUT2D eigenvalue weighted by Crippen LogP contribution is 2.22. The first-order valence-corrected chi connectivity index (χ1v) is 6.17. The predicted molar refractivity (Wildman–Crippen MR) is 67.2 cm³/mol. The lowest BCUT2D eigenvalue weighted by atomic mass is 10.2. The van der Waals surface area contributed by atoms with Crippen LogP contribution < -0.4 is 5.32 Å². The lowest BCUT2D eigenvalue weighted by Gasteiger charge is -2.14. The maximum absolute atomic E-state index is 10.0. The van der Waals surface area contributed by atoms with E-state index in [0.717, 1.165) is 13.0 Å². The van der Waals surface area contributed by atoms with Gasteiger partial charge in [-0.25, -0.2) is 0 Å². The number of aliphatic hydroxyl groups excluding tert-OH is 1. The van der Waals surface area contributed by atoms with Gasteiger partial charge < -0.3 is 15.2 Å². The minimum atomic E-state index is -0.645. The van der Waals surface area contributed by atoms with Crippen molar-refractivity contribution in [3.8, 4) is 0 Å². The summed E-state index contributed by atoms with van der Waals surface area (Å²) in [5, 5.41) is 17.8. The number of aromatic nitrogens is 2. The summed E-state index contributed by atoms with van der Waals surface area (Å²) in [4.78, 5) is 0. The number of aliphatic hydroxyl groups is 1. The van der Waals surface area contributed by atoms with Crippen molar-refractivity contribution in [3.05, 3.63) is 16.9 Å². The van der Waals surface area contributed by atoms with Crippen LogP contribution in [0.1, 0.15) is 25.1 Å². The standard InChI is InChI=1S/C11H20ClN3O2/c1-3-4-13-8-10(16)11-9(12)7-14-15(11)5-6-17-2/h7,10,13,16H,3-6,8H2,1-2H3. The van der Waals surface area contributed by atoms with Crippen LogP contribution >= 0.6 is 11.6 Å². The molecule has 0 spiro atoms. The summed E-state index contributed by atoms with van der Waals surface area (Å²) in [5.74, 6) is 0. The maximum Gasteiger partial charge on any atom is 0.110 e. The Balaban J connectivity index is 2.63. The average Bonchev–Trinajstić information content (AvgIpc) is 2.68. The summed E-state index contributed by atoms with van der Waals surface area (Å²) >= 11 is 6.02. The zero-order valence-electron chi connectivity index (χ0n) is 10.3. The Hall–Kier alpha value is -0.620. The topological polar surface area (TPSA) is 59.3 Å². The first-order valence-electron chi connectivity index (χ1n) is 5.79. The first kappa shape index (κ1) is 14.4. The van der Waals surface area contributed by atoms with Gasteiger partial charge >= 0.3 is 0 Å². The first-order chi connectivity index (χ1) is 8.20. The van der Waals surface area contributed by atoms with Gasteiger partial charge in [-0.1, -0.05) is 18.5 Å². The van der Waals surface area contributed by atoms with Crippen molar-refractivity contribution in [1.82, 2.24) is 15.1 Å². The smallest absolute Gasteiger partial charge is 0.110 e. The van der Waals surface area contributed by atoms with Gasteiger partial charge in [0.1, 0.15) is 6.10 Å². The molecular weight excluding hydrogens is 242 g/mol. The number of halogens is 1. The Morgan fingerprint density at radius 3 is 3.06 bits per heavy atom. The lowest BCUT2D eigenvalue weighted by molar-refractivity contribution is 0.151. The van der Waals surface area contributed by atoms with Crippen molar-refractivity contribution in [1.29, 1.82) is 0 Å². The monoisotopic (exact) mass is 261 g/mol. The summed E-state index contributed by atoms with van der Waals surface area (Å²) in [6, 6.07) is 0. The Morgan fingerprint density at radius 2 is 2.41 bits per heavy atom. The molecule has 17 heavy (non-hydrogen) atoms. The number of methoxy groups -OCH3 is 1. The highest BCUT2D eigenvalue weighted by molar-refractivity contribution is 6.31. The predicted octanol–water partition coefficient (Wildman–Crippen LogP) is 1.22. The van der Waals surface area contributed by atoms with Gasteiger partial charge in [0.05, 0.1) is 30.1 Å². The third-order valence-corrected chi connectivity index (χ3v) is 2.71. The molecule has 1 unspecified atom stereocenters. The van der Waals surface area contributed by atoms with Crippen LogP contribution in [0.5, 0.6) is 0 Å². The van der Waals surface area contributed by atoms with E-state index in [2.05, 4.69) is 17.3 Å². The second kappa shape index (κ2) is 7.66. The van der Waals surface area contributed by atoms with E-state index in [4.69, 9.17) is 16.3 Å². The highest BCUT2D eigenvalue weighted by Gasteiger charge is 2.17. The average molecular weight is 262 g/mol. The Labute approximate surface area is 107 Å².